The van der Waals surface area contributed by atoms with Gasteiger partial charge in [0.05, 0.1) is 19.9 Å². The van der Waals surface area contributed by atoms with Gasteiger partial charge in [-0.1, -0.05) is 5.16 Å². The summed E-state index contributed by atoms with van der Waals surface area (Å²) in [6.45, 7) is 1.96. The summed E-state index contributed by atoms with van der Waals surface area (Å²) in [6, 6.07) is 7.88. The van der Waals surface area contributed by atoms with Gasteiger partial charge in [-0.2, -0.15) is 0 Å². The van der Waals surface area contributed by atoms with E-state index >= 15 is 0 Å². The van der Waals surface area contributed by atoms with E-state index < -0.39 is 24.1 Å². The molecule has 2 aromatic rings. The van der Waals surface area contributed by atoms with E-state index in [0.29, 0.717) is 29.7 Å². The van der Waals surface area contributed by atoms with Crippen LogP contribution >= 0.6 is 0 Å². The van der Waals surface area contributed by atoms with Gasteiger partial charge in [-0.15, -0.1) is 0 Å². The lowest BCUT2D eigenvalue weighted by Gasteiger charge is -2.09. The zero-order chi connectivity index (χ0) is 18.9. The quantitative estimate of drug-likeness (QED) is 0.576. The normalized spacial score (nSPS) is 10.6. The number of rotatable bonds is 8. The van der Waals surface area contributed by atoms with E-state index in [2.05, 4.69) is 10.5 Å². The number of carbonyl (C=O) groups is 1. The number of halogens is 2. The summed E-state index contributed by atoms with van der Waals surface area (Å²) in [7, 11) is 1.52. The molecule has 0 fully saturated rings. The average Bonchev–Trinajstić information content (AvgIpc) is 2.59. The highest BCUT2D eigenvalue weighted by atomic mass is 19.1. The van der Waals surface area contributed by atoms with Gasteiger partial charge in [-0.3, -0.25) is 4.79 Å². The van der Waals surface area contributed by atoms with E-state index in [4.69, 9.17) is 14.3 Å². The van der Waals surface area contributed by atoms with Gasteiger partial charge in [0.1, 0.15) is 11.6 Å². The predicted molar refractivity (Wildman–Crippen MR) is 92.7 cm³/mol. The lowest BCUT2D eigenvalue weighted by molar-refractivity contribution is -0.120. The van der Waals surface area contributed by atoms with Crippen molar-refractivity contribution in [2.75, 3.05) is 25.6 Å². The first kappa shape index (κ1) is 19.2. The first-order valence-electron chi connectivity index (χ1n) is 7.74. The van der Waals surface area contributed by atoms with Gasteiger partial charge in [0.25, 0.3) is 5.91 Å². The molecular weight excluding hydrogens is 346 g/mol. The van der Waals surface area contributed by atoms with Gasteiger partial charge < -0.3 is 19.6 Å². The smallest absolute Gasteiger partial charge is 0.265 e. The number of methoxy groups -OCH3 is 1. The Labute approximate surface area is 149 Å². The molecule has 2 rings (SSSR count). The third-order valence-corrected chi connectivity index (χ3v) is 3.11. The zero-order valence-corrected chi connectivity index (χ0v) is 14.3. The maximum absolute atomic E-state index is 13.0. The molecule has 0 bridgehead atoms. The van der Waals surface area contributed by atoms with Crippen molar-refractivity contribution in [1.29, 1.82) is 0 Å². The molecule has 0 unspecified atom stereocenters. The summed E-state index contributed by atoms with van der Waals surface area (Å²) in [5.74, 6) is -1.03. The number of oxime groups is 1. The molecule has 0 aliphatic rings. The van der Waals surface area contributed by atoms with Gasteiger partial charge in [0.15, 0.2) is 18.1 Å². The Bertz CT molecular complexity index is 777. The van der Waals surface area contributed by atoms with Crippen LogP contribution in [0, 0.1) is 11.6 Å². The lowest BCUT2D eigenvalue weighted by atomic mass is 10.2. The van der Waals surface area contributed by atoms with Crippen LogP contribution < -0.4 is 14.8 Å². The van der Waals surface area contributed by atoms with Gasteiger partial charge >= 0.3 is 0 Å². The van der Waals surface area contributed by atoms with Crippen LogP contribution in [0.3, 0.4) is 0 Å². The molecule has 0 saturated heterocycles. The molecule has 1 amide bonds. The monoisotopic (exact) mass is 364 g/mol. The molecule has 0 radical (unpaired) electrons. The summed E-state index contributed by atoms with van der Waals surface area (Å²) in [6.07, 6.45) is 1.40. The summed E-state index contributed by atoms with van der Waals surface area (Å²) in [5.41, 5.74) is 0.675. The molecule has 1 N–H and O–H groups in total. The van der Waals surface area contributed by atoms with Crippen LogP contribution in [0.5, 0.6) is 11.5 Å². The SMILES string of the molecule is CCOc1ccc(/C=N/OCC(=O)Nc2cc(F)cc(F)c2)cc1OC. The molecule has 8 heteroatoms. The van der Waals surface area contributed by atoms with Crippen molar-refractivity contribution < 1.29 is 27.9 Å². The second-order valence-corrected chi connectivity index (χ2v) is 5.06. The molecule has 2 aromatic carbocycles. The Morgan fingerprint density at radius 2 is 1.88 bits per heavy atom. The minimum Gasteiger partial charge on any atom is -0.493 e. The number of amides is 1. The van der Waals surface area contributed by atoms with E-state index in [0.717, 1.165) is 12.1 Å². The van der Waals surface area contributed by atoms with Gasteiger partial charge in [-0.25, -0.2) is 8.78 Å². The fraction of sp³-hybridized carbons (Fsp3) is 0.222. The van der Waals surface area contributed by atoms with Crippen molar-refractivity contribution >= 4 is 17.8 Å². The third kappa shape index (κ3) is 5.73. The van der Waals surface area contributed by atoms with E-state index in [1.807, 2.05) is 6.92 Å². The van der Waals surface area contributed by atoms with Crippen LogP contribution in [0.25, 0.3) is 0 Å². The maximum Gasteiger partial charge on any atom is 0.265 e. The molecule has 0 saturated carbocycles. The Balaban J connectivity index is 1.87. The maximum atomic E-state index is 13.0. The number of nitrogens with zero attached hydrogens (tertiary/aromatic N) is 1. The average molecular weight is 364 g/mol. The number of ether oxygens (including phenoxy) is 2. The molecule has 0 atom stereocenters. The van der Waals surface area contributed by atoms with Crippen molar-refractivity contribution in [2.24, 2.45) is 5.16 Å². The summed E-state index contributed by atoms with van der Waals surface area (Å²) >= 11 is 0. The molecule has 0 spiro atoms. The molecular formula is C18H18F2N2O4. The second-order valence-electron chi connectivity index (χ2n) is 5.06. The highest BCUT2D eigenvalue weighted by Crippen LogP contribution is 2.27. The number of benzene rings is 2. The summed E-state index contributed by atoms with van der Waals surface area (Å²) < 4.78 is 36.7. The summed E-state index contributed by atoms with van der Waals surface area (Å²) in [5, 5.41) is 5.99. The van der Waals surface area contributed by atoms with E-state index in [1.54, 1.807) is 18.2 Å². The van der Waals surface area contributed by atoms with Gasteiger partial charge in [-0.05, 0) is 37.3 Å². The van der Waals surface area contributed by atoms with Gasteiger partial charge in [0.2, 0.25) is 0 Å². The summed E-state index contributed by atoms with van der Waals surface area (Å²) in [4.78, 5) is 16.6. The van der Waals surface area contributed by atoms with Crippen molar-refractivity contribution in [3.05, 3.63) is 53.6 Å². The standard InChI is InChI=1S/C18H18F2N2O4/c1-3-25-16-5-4-12(6-17(16)24-2)10-21-26-11-18(23)22-15-8-13(19)7-14(20)9-15/h4-10H,3,11H2,1-2H3,(H,22,23)/b21-10+. The number of hydrogen-bond donors (Lipinski definition) is 1. The van der Waals surface area contributed by atoms with Crippen molar-refractivity contribution in [3.63, 3.8) is 0 Å². The molecule has 6 nitrogen and oxygen atoms in total. The molecule has 0 heterocycles. The molecule has 138 valence electrons. The van der Waals surface area contributed by atoms with E-state index in [-0.39, 0.29) is 5.69 Å². The molecule has 0 aliphatic carbocycles. The third-order valence-electron chi connectivity index (χ3n) is 3.11. The minimum absolute atomic E-state index is 0.00340. The molecule has 0 aromatic heterocycles. The van der Waals surface area contributed by atoms with Crippen LogP contribution in [0.15, 0.2) is 41.6 Å². The van der Waals surface area contributed by atoms with Crippen LogP contribution in [-0.4, -0.2) is 32.4 Å². The van der Waals surface area contributed by atoms with E-state index in [1.165, 1.54) is 13.3 Å². The van der Waals surface area contributed by atoms with Crippen molar-refractivity contribution in [1.82, 2.24) is 0 Å². The lowest BCUT2D eigenvalue weighted by Crippen LogP contribution is -2.17. The highest BCUT2D eigenvalue weighted by molar-refractivity contribution is 5.91. The molecule has 0 aliphatic heterocycles. The van der Waals surface area contributed by atoms with Crippen molar-refractivity contribution in [3.8, 4) is 11.5 Å². The zero-order valence-electron chi connectivity index (χ0n) is 14.3. The number of nitrogens with one attached hydrogen (secondary N) is 1. The van der Waals surface area contributed by atoms with Crippen molar-refractivity contribution in [2.45, 2.75) is 6.92 Å². The highest BCUT2D eigenvalue weighted by Gasteiger charge is 2.06. The Hall–Kier alpha value is -3.16. The van der Waals surface area contributed by atoms with Crippen LogP contribution in [-0.2, 0) is 9.63 Å². The number of hydrogen-bond acceptors (Lipinski definition) is 5. The fourth-order valence-corrected chi connectivity index (χ4v) is 2.06. The Kier molecular flexibility index (Phi) is 6.90. The topological polar surface area (TPSA) is 69.2 Å². The first-order valence-corrected chi connectivity index (χ1v) is 7.74. The Morgan fingerprint density at radius 1 is 1.15 bits per heavy atom. The number of carbonyl (C=O) groups excluding carboxylic acids is 1. The largest absolute Gasteiger partial charge is 0.493 e. The first-order chi connectivity index (χ1) is 12.5. The van der Waals surface area contributed by atoms with Crippen LogP contribution in [0.1, 0.15) is 12.5 Å². The predicted octanol–water partition coefficient (Wildman–Crippen LogP) is 3.36. The van der Waals surface area contributed by atoms with Gasteiger partial charge in [0, 0.05) is 17.3 Å². The van der Waals surface area contributed by atoms with E-state index in [9.17, 15) is 13.6 Å². The molecule has 26 heavy (non-hydrogen) atoms. The van der Waals surface area contributed by atoms with Crippen LogP contribution in [0.4, 0.5) is 14.5 Å². The Morgan fingerprint density at radius 3 is 2.54 bits per heavy atom. The minimum atomic E-state index is -0.788. The second kappa shape index (κ2) is 9.36. The number of anilines is 1. The fourth-order valence-electron chi connectivity index (χ4n) is 2.06. The van der Waals surface area contributed by atoms with Crippen LogP contribution in [0.2, 0.25) is 0 Å².